The van der Waals surface area contributed by atoms with Crippen molar-refractivity contribution in [3.63, 3.8) is 0 Å². The van der Waals surface area contributed by atoms with Crippen LogP contribution in [0.25, 0.3) is 0 Å². The summed E-state index contributed by atoms with van der Waals surface area (Å²) in [5.74, 6) is 0.561. The third kappa shape index (κ3) is 3.95. The van der Waals surface area contributed by atoms with Crippen LogP contribution in [-0.2, 0) is 11.2 Å². The molecule has 2 heterocycles. The Morgan fingerprint density at radius 2 is 1.96 bits per heavy atom. The molecule has 0 saturated carbocycles. The molecule has 1 saturated heterocycles. The van der Waals surface area contributed by atoms with E-state index in [4.69, 9.17) is 4.74 Å². The van der Waals surface area contributed by atoms with E-state index in [-0.39, 0.29) is 11.8 Å². The summed E-state index contributed by atoms with van der Waals surface area (Å²) < 4.78 is 5.73. The minimum Gasteiger partial charge on any atom is -0.480 e. The van der Waals surface area contributed by atoms with Gasteiger partial charge in [-0.25, -0.2) is 0 Å². The Morgan fingerprint density at radius 3 is 2.85 bits per heavy atom. The molecule has 27 heavy (non-hydrogen) atoms. The SMILES string of the molecule is O=C(Nc1cccc(C(=O)N2CCCNCC2)c1)C1Cc2ccccc2O1. The van der Waals surface area contributed by atoms with Crippen LogP contribution in [0.2, 0.25) is 0 Å². The van der Waals surface area contributed by atoms with Gasteiger partial charge in [0.1, 0.15) is 5.75 Å². The maximum Gasteiger partial charge on any atom is 0.265 e. The fourth-order valence-electron chi connectivity index (χ4n) is 3.51. The molecule has 0 bridgehead atoms. The number of rotatable bonds is 3. The lowest BCUT2D eigenvalue weighted by molar-refractivity contribution is -0.122. The lowest BCUT2D eigenvalue weighted by Crippen LogP contribution is -2.34. The van der Waals surface area contributed by atoms with Crippen molar-refractivity contribution in [1.82, 2.24) is 10.2 Å². The summed E-state index contributed by atoms with van der Waals surface area (Å²) in [7, 11) is 0. The monoisotopic (exact) mass is 365 g/mol. The number of hydrogen-bond acceptors (Lipinski definition) is 4. The molecule has 2 aromatic carbocycles. The Morgan fingerprint density at radius 1 is 1.07 bits per heavy atom. The topological polar surface area (TPSA) is 70.7 Å². The highest BCUT2D eigenvalue weighted by Gasteiger charge is 2.29. The van der Waals surface area contributed by atoms with E-state index >= 15 is 0 Å². The molecular weight excluding hydrogens is 342 g/mol. The number of benzene rings is 2. The van der Waals surface area contributed by atoms with Gasteiger partial charge in [-0.1, -0.05) is 24.3 Å². The van der Waals surface area contributed by atoms with Gasteiger partial charge in [-0.2, -0.15) is 0 Å². The molecule has 0 aromatic heterocycles. The van der Waals surface area contributed by atoms with E-state index in [0.717, 1.165) is 37.4 Å². The normalized spacial score (nSPS) is 19.0. The van der Waals surface area contributed by atoms with Gasteiger partial charge in [-0.05, 0) is 42.8 Å². The number of nitrogens with zero attached hydrogens (tertiary/aromatic N) is 1. The van der Waals surface area contributed by atoms with Crippen molar-refractivity contribution in [1.29, 1.82) is 0 Å². The molecule has 0 aliphatic carbocycles. The third-order valence-corrected chi connectivity index (χ3v) is 4.94. The molecule has 6 heteroatoms. The second-order valence-electron chi connectivity index (χ2n) is 6.88. The Bertz CT molecular complexity index is 819. The Kier molecular flexibility index (Phi) is 5.07. The molecule has 2 aliphatic rings. The molecule has 1 fully saturated rings. The second kappa shape index (κ2) is 7.80. The van der Waals surface area contributed by atoms with E-state index in [1.54, 1.807) is 24.3 Å². The summed E-state index contributed by atoms with van der Waals surface area (Å²) >= 11 is 0. The molecular formula is C21H23N3O3. The zero-order valence-electron chi connectivity index (χ0n) is 15.1. The number of fused-ring (bicyclic) bond motifs is 1. The number of hydrogen-bond donors (Lipinski definition) is 2. The summed E-state index contributed by atoms with van der Waals surface area (Å²) in [6, 6.07) is 14.8. The summed E-state index contributed by atoms with van der Waals surface area (Å²) in [6.07, 6.45) is 0.960. The zero-order valence-corrected chi connectivity index (χ0v) is 15.1. The first-order chi connectivity index (χ1) is 13.2. The van der Waals surface area contributed by atoms with Gasteiger partial charge in [0.25, 0.3) is 11.8 Å². The molecule has 0 spiro atoms. The van der Waals surface area contributed by atoms with E-state index in [1.165, 1.54) is 0 Å². The van der Waals surface area contributed by atoms with Crippen molar-refractivity contribution in [2.24, 2.45) is 0 Å². The predicted molar refractivity (Wildman–Crippen MR) is 103 cm³/mol. The van der Waals surface area contributed by atoms with Gasteiger partial charge in [0.15, 0.2) is 6.10 Å². The van der Waals surface area contributed by atoms with Gasteiger partial charge in [0.05, 0.1) is 0 Å². The number of ether oxygens (including phenoxy) is 1. The third-order valence-electron chi connectivity index (χ3n) is 4.94. The summed E-state index contributed by atoms with van der Waals surface area (Å²) in [6.45, 7) is 3.19. The molecule has 4 rings (SSSR count). The Balaban J connectivity index is 1.42. The van der Waals surface area contributed by atoms with Crippen LogP contribution in [0.3, 0.4) is 0 Å². The lowest BCUT2D eigenvalue weighted by Gasteiger charge is -2.20. The van der Waals surface area contributed by atoms with E-state index in [2.05, 4.69) is 10.6 Å². The lowest BCUT2D eigenvalue weighted by atomic mass is 10.1. The highest BCUT2D eigenvalue weighted by Crippen LogP contribution is 2.28. The number of amides is 2. The molecule has 2 aromatic rings. The average Bonchev–Trinajstić information content (AvgIpc) is 2.94. The Hall–Kier alpha value is -2.86. The van der Waals surface area contributed by atoms with Crippen LogP contribution in [0, 0.1) is 0 Å². The van der Waals surface area contributed by atoms with Crippen molar-refractivity contribution in [3.8, 4) is 5.75 Å². The van der Waals surface area contributed by atoms with E-state index in [0.29, 0.717) is 24.2 Å². The minimum absolute atomic E-state index is 0.000629. The fourth-order valence-corrected chi connectivity index (χ4v) is 3.51. The number of carbonyl (C=O) groups excluding carboxylic acids is 2. The average molecular weight is 365 g/mol. The minimum atomic E-state index is -0.543. The van der Waals surface area contributed by atoms with Crippen molar-refractivity contribution >= 4 is 17.5 Å². The van der Waals surface area contributed by atoms with Crippen LogP contribution >= 0.6 is 0 Å². The molecule has 1 atom stereocenters. The van der Waals surface area contributed by atoms with Crippen LogP contribution in [0.4, 0.5) is 5.69 Å². The first kappa shape index (κ1) is 17.5. The fraction of sp³-hybridized carbons (Fsp3) is 0.333. The van der Waals surface area contributed by atoms with Gasteiger partial charge >= 0.3 is 0 Å². The summed E-state index contributed by atoms with van der Waals surface area (Å²) in [5.41, 5.74) is 2.24. The molecule has 6 nitrogen and oxygen atoms in total. The van der Waals surface area contributed by atoms with Crippen LogP contribution in [0.1, 0.15) is 22.3 Å². The highest BCUT2D eigenvalue weighted by molar-refractivity contribution is 5.98. The number of anilines is 1. The summed E-state index contributed by atoms with van der Waals surface area (Å²) in [4.78, 5) is 27.2. The van der Waals surface area contributed by atoms with Gasteiger partial charge < -0.3 is 20.3 Å². The van der Waals surface area contributed by atoms with Crippen LogP contribution in [0.15, 0.2) is 48.5 Å². The summed E-state index contributed by atoms with van der Waals surface area (Å²) in [5, 5.41) is 6.18. The highest BCUT2D eigenvalue weighted by atomic mass is 16.5. The maximum absolute atomic E-state index is 12.8. The zero-order chi connectivity index (χ0) is 18.6. The molecule has 2 aliphatic heterocycles. The van der Waals surface area contributed by atoms with E-state index in [9.17, 15) is 9.59 Å². The first-order valence-electron chi connectivity index (χ1n) is 9.36. The van der Waals surface area contributed by atoms with Gasteiger partial charge in [-0.15, -0.1) is 0 Å². The van der Waals surface area contributed by atoms with Crippen LogP contribution in [0.5, 0.6) is 5.75 Å². The first-order valence-corrected chi connectivity index (χ1v) is 9.36. The molecule has 0 radical (unpaired) electrons. The van der Waals surface area contributed by atoms with Crippen LogP contribution < -0.4 is 15.4 Å². The number of carbonyl (C=O) groups is 2. The van der Waals surface area contributed by atoms with E-state index in [1.807, 2.05) is 29.2 Å². The molecule has 1 unspecified atom stereocenters. The largest absolute Gasteiger partial charge is 0.480 e. The van der Waals surface area contributed by atoms with Crippen LogP contribution in [-0.4, -0.2) is 49.0 Å². The maximum atomic E-state index is 12.8. The van der Waals surface area contributed by atoms with Gasteiger partial charge in [0, 0.05) is 37.3 Å². The smallest absolute Gasteiger partial charge is 0.265 e. The van der Waals surface area contributed by atoms with Gasteiger partial charge in [-0.3, -0.25) is 9.59 Å². The van der Waals surface area contributed by atoms with E-state index < -0.39 is 6.10 Å². The van der Waals surface area contributed by atoms with Crippen molar-refractivity contribution < 1.29 is 14.3 Å². The quantitative estimate of drug-likeness (QED) is 0.874. The van der Waals surface area contributed by atoms with Crippen molar-refractivity contribution in [2.45, 2.75) is 18.9 Å². The number of nitrogens with one attached hydrogen (secondary N) is 2. The van der Waals surface area contributed by atoms with Crippen molar-refractivity contribution in [3.05, 3.63) is 59.7 Å². The second-order valence-corrected chi connectivity index (χ2v) is 6.88. The van der Waals surface area contributed by atoms with Gasteiger partial charge in [0.2, 0.25) is 0 Å². The molecule has 2 amide bonds. The van der Waals surface area contributed by atoms with Crippen molar-refractivity contribution in [2.75, 3.05) is 31.5 Å². The Labute approximate surface area is 158 Å². The standard InChI is InChI=1S/C21H23N3O3/c25-20(19-14-15-5-1-2-8-18(15)27-19)23-17-7-3-6-16(13-17)21(26)24-11-4-9-22-10-12-24/h1-3,5-8,13,19,22H,4,9-12,14H2,(H,23,25). The molecule has 140 valence electrons. The molecule has 2 N–H and O–H groups in total. The predicted octanol–water partition coefficient (Wildman–Crippen LogP) is 2.06. The number of para-hydroxylation sites is 1.